The zero-order valence-corrected chi connectivity index (χ0v) is 25.6. The molecule has 208 valence electrons. The van der Waals surface area contributed by atoms with E-state index in [1.807, 2.05) is 57.2 Å². The van der Waals surface area contributed by atoms with E-state index >= 15 is 0 Å². The normalized spacial score (nSPS) is 11.9. The zero-order valence-electron chi connectivity index (χ0n) is 22.5. The maximum Gasteiger partial charge on any atom is 0.307 e. The number of aromatic hydroxyl groups is 1. The number of carboxylic acids is 1. The highest BCUT2D eigenvalue weighted by atomic mass is 79.9. The number of hydrogen-bond acceptors (Lipinski definition) is 4. The Bertz CT molecular complexity index is 1540. The highest BCUT2D eigenvalue weighted by Gasteiger charge is 2.28. The van der Waals surface area contributed by atoms with Crippen LogP contribution < -0.4 is 9.47 Å². The van der Waals surface area contributed by atoms with E-state index < -0.39 is 23.5 Å². The number of hydrogen-bond donors (Lipinski definition) is 2. The smallest absolute Gasteiger partial charge is 0.307 e. The first-order chi connectivity index (χ1) is 19.0. The lowest BCUT2D eigenvalue weighted by molar-refractivity contribution is -0.136. The molecule has 0 heterocycles. The molecule has 40 heavy (non-hydrogen) atoms. The van der Waals surface area contributed by atoms with Gasteiger partial charge in [0.2, 0.25) is 0 Å². The van der Waals surface area contributed by atoms with Gasteiger partial charge in [-0.25, -0.2) is 4.39 Å². The molecule has 0 spiro atoms. The Morgan fingerprint density at radius 3 is 2.17 bits per heavy atom. The molecule has 1 unspecified atom stereocenters. The fourth-order valence-corrected chi connectivity index (χ4v) is 6.21. The summed E-state index contributed by atoms with van der Waals surface area (Å²) in [6.07, 6.45) is -0.142. The molecular formula is C32H29Br2FO5. The summed E-state index contributed by atoms with van der Waals surface area (Å²) >= 11 is 7.08. The van der Waals surface area contributed by atoms with Crippen LogP contribution in [0.25, 0.3) is 0 Å². The van der Waals surface area contributed by atoms with Crippen molar-refractivity contribution in [3.05, 3.63) is 115 Å². The number of rotatable bonds is 9. The monoisotopic (exact) mass is 670 g/mol. The molecule has 0 amide bonds. The first-order valence-electron chi connectivity index (χ1n) is 12.6. The number of ether oxygens (including phenoxy) is 2. The maximum atomic E-state index is 14.7. The summed E-state index contributed by atoms with van der Waals surface area (Å²) in [5.41, 5.74) is 4.37. The number of methoxy groups -OCH3 is 1. The van der Waals surface area contributed by atoms with Gasteiger partial charge >= 0.3 is 5.97 Å². The predicted octanol–water partition coefficient (Wildman–Crippen LogP) is 9.10. The molecule has 5 nitrogen and oxygen atoms in total. The molecule has 2 N–H and O–H groups in total. The van der Waals surface area contributed by atoms with Crippen molar-refractivity contribution >= 4 is 37.8 Å². The predicted molar refractivity (Wildman–Crippen MR) is 161 cm³/mol. The summed E-state index contributed by atoms with van der Waals surface area (Å²) in [6, 6.07) is 19.5. The van der Waals surface area contributed by atoms with Gasteiger partial charge in [0.05, 0.1) is 22.5 Å². The van der Waals surface area contributed by atoms with Gasteiger partial charge < -0.3 is 19.7 Å². The zero-order chi connectivity index (χ0) is 29.1. The molecular weight excluding hydrogens is 643 g/mol. The molecule has 0 aliphatic heterocycles. The molecule has 0 aliphatic carbocycles. The van der Waals surface area contributed by atoms with Crippen molar-refractivity contribution in [1.29, 1.82) is 0 Å². The number of aliphatic carboxylic acids is 1. The van der Waals surface area contributed by atoms with Gasteiger partial charge in [0.25, 0.3) is 0 Å². The maximum absolute atomic E-state index is 14.7. The van der Waals surface area contributed by atoms with Gasteiger partial charge in [0, 0.05) is 22.6 Å². The number of phenolic OH excluding ortho intramolecular Hbond substituents is 1. The van der Waals surface area contributed by atoms with E-state index in [1.54, 1.807) is 31.4 Å². The minimum absolute atomic E-state index is 0.0937. The number of para-hydroxylation sites is 1. The highest BCUT2D eigenvalue weighted by molar-refractivity contribution is 9.11. The second-order valence-corrected chi connectivity index (χ2v) is 11.6. The highest BCUT2D eigenvalue weighted by Crippen LogP contribution is 2.48. The van der Waals surface area contributed by atoms with Crippen LogP contribution in [0, 0.1) is 12.7 Å². The number of halogens is 3. The number of carboxylic acid groups (broad SMARTS) is 1. The molecule has 0 aliphatic rings. The molecule has 0 bridgehead atoms. The molecule has 0 aromatic heterocycles. The Balaban J connectivity index is 2.00. The van der Waals surface area contributed by atoms with E-state index in [0.29, 0.717) is 42.9 Å². The number of aryl methyl sites for hydroxylation is 1. The van der Waals surface area contributed by atoms with Gasteiger partial charge in [-0.3, -0.25) is 4.79 Å². The summed E-state index contributed by atoms with van der Waals surface area (Å²) < 4.78 is 28.2. The van der Waals surface area contributed by atoms with Crippen molar-refractivity contribution in [3.8, 4) is 23.0 Å². The molecule has 0 fully saturated rings. The van der Waals surface area contributed by atoms with Gasteiger partial charge in [0.1, 0.15) is 11.5 Å². The van der Waals surface area contributed by atoms with Crippen molar-refractivity contribution in [2.75, 3.05) is 7.11 Å². The van der Waals surface area contributed by atoms with Crippen molar-refractivity contribution in [2.24, 2.45) is 0 Å². The van der Waals surface area contributed by atoms with Crippen molar-refractivity contribution in [1.82, 2.24) is 0 Å². The Labute approximate surface area is 249 Å². The van der Waals surface area contributed by atoms with Crippen LogP contribution in [0.5, 0.6) is 23.0 Å². The standard InChI is InChI=1S/C32H29Br2FO5/c1-17(2)22-15-28(40-32-24(33)12-19(13-25(32)34)14-29(36)37)23(16-27(22)39-4)30(20-8-5-7-18(3)11-20)21-9-6-10-26(35)31(21)38/h5-13,15-17,30,38H,14H2,1-4H3,(H,36,37). The van der Waals surface area contributed by atoms with Crippen LogP contribution in [-0.2, 0) is 11.2 Å². The fraction of sp³-hybridized carbons (Fsp3) is 0.219. The van der Waals surface area contributed by atoms with E-state index in [-0.39, 0.29) is 12.3 Å². The molecule has 0 radical (unpaired) electrons. The van der Waals surface area contributed by atoms with E-state index in [1.165, 1.54) is 6.07 Å². The van der Waals surface area contributed by atoms with E-state index in [0.717, 1.165) is 16.7 Å². The third kappa shape index (κ3) is 6.34. The van der Waals surface area contributed by atoms with Gasteiger partial charge in [0.15, 0.2) is 17.3 Å². The number of benzene rings is 4. The minimum Gasteiger partial charge on any atom is -0.505 e. The van der Waals surface area contributed by atoms with Crippen LogP contribution in [-0.4, -0.2) is 23.3 Å². The first-order valence-corrected chi connectivity index (χ1v) is 14.2. The Morgan fingerprint density at radius 1 is 0.925 bits per heavy atom. The number of carbonyl (C=O) groups is 1. The summed E-state index contributed by atoms with van der Waals surface area (Å²) in [6.45, 7) is 6.06. The largest absolute Gasteiger partial charge is 0.505 e. The van der Waals surface area contributed by atoms with Crippen LogP contribution in [0.15, 0.2) is 75.7 Å². The second-order valence-electron chi connectivity index (χ2n) is 9.87. The van der Waals surface area contributed by atoms with Crippen LogP contribution in [0.2, 0.25) is 0 Å². The summed E-state index contributed by atoms with van der Waals surface area (Å²) in [5, 5.41) is 20.1. The molecule has 0 saturated carbocycles. The average molecular weight is 672 g/mol. The lowest BCUT2D eigenvalue weighted by Crippen LogP contribution is -2.09. The second kappa shape index (κ2) is 12.4. The Hall–Kier alpha value is -3.36. The van der Waals surface area contributed by atoms with Crippen LogP contribution in [0.1, 0.15) is 59.1 Å². The van der Waals surface area contributed by atoms with Crippen molar-refractivity contribution in [2.45, 2.75) is 39.0 Å². The van der Waals surface area contributed by atoms with E-state index in [2.05, 4.69) is 31.9 Å². The van der Waals surface area contributed by atoms with Crippen molar-refractivity contribution in [3.63, 3.8) is 0 Å². The molecule has 0 saturated heterocycles. The van der Waals surface area contributed by atoms with Crippen LogP contribution in [0.4, 0.5) is 4.39 Å². The topological polar surface area (TPSA) is 76.0 Å². The molecule has 4 aromatic carbocycles. The number of phenols is 1. The average Bonchev–Trinajstić information content (AvgIpc) is 2.88. The summed E-state index contributed by atoms with van der Waals surface area (Å²) in [5.74, 6) is -1.05. The lowest BCUT2D eigenvalue weighted by atomic mass is 9.82. The van der Waals surface area contributed by atoms with E-state index in [9.17, 15) is 19.4 Å². The first kappa shape index (κ1) is 29.6. The molecule has 4 aromatic rings. The molecule has 8 heteroatoms. The lowest BCUT2D eigenvalue weighted by Gasteiger charge is -2.26. The quantitative estimate of drug-likeness (QED) is 0.174. The SMILES string of the molecule is COc1cc(C(c2cccc(C)c2)c2cccc(F)c2O)c(Oc2c(Br)cc(CC(=O)O)cc2Br)cc1C(C)C. The fourth-order valence-electron chi connectivity index (χ4n) is 4.77. The summed E-state index contributed by atoms with van der Waals surface area (Å²) in [4.78, 5) is 11.3. The summed E-state index contributed by atoms with van der Waals surface area (Å²) in [7, 11) is 1.60. The van der Waals surface area contributed by atoms with Gasteiger partial charge in [-0.15, -0.1) is 0 Å². The van der Waals surface area contributed by atoms with Gasteiger partial charge in [-0.05, 0) is 86.2 Å². The minimum atomic E-state index is -0.942. The van der Waals surface area contributed by atoms with Gasteiger partial charge in [-0.2, -0.15) is 0 Å². The van der Waals surface area contributed by atoms with Gasteiger partial charge in [-0.1, -0.05) is 55.8 Å². The molecule has 4 rings (SSSR count). The van der Waals surface area contributed by atoms with E-state index in [4.69, 9.17) is 9.47 Å². The van der Waals surface area contributed by atoms with Crippen LogP contribution in [0.3, 0.4) is 0 Å². The van der Waals surface area contributed by atoms with Crippen molar-refractivity contribution < 1.29 is 28.9 Å². The Morgan fingerprint density at radius 2 is 1.57 bits per heavy atom. The third-order valence-electron chi connectivity index (χ3n) is 6.63. The van der Waals surface area contributed by atoms with Crippen LogP contribution >= 0.6 is 31.9 Å². The third-order valence-corrected chi connectivity index (χ3v) is 7.80. The Kier molecular flexibility index (Phi) is 9.21. The molecule has 1 atom stereocenters.